The first-order chi connectivity index (χ1) is 9.06. The molecule has 0 saturated carbocycles. The second-order valence-electron chi connectivity index (χ2n) is 4.44. The molecule has 0 aliphatic heterocycles. The summed E-state index contributed by atoms with van der Waals surface area (Å²) in [5, 5.41) is 8.93. The molecule has 5 heteroatoms. The minimum absolute atomic E-state index is 0.111. The standard InChI is InChI=1S/C14H23NO3S/c1-3-12-19(17,18)14-9-6-5-8-13(14)15(4-2)10-7-11-16/h5-6,8-9,16H,3-4,7,10-12H2,1-2H3. The van der Waals surface area contributed by atoms with Crippen molar-refractivity contribution < 1.29 is 13.5 Å². The van der Waals surface area contributed by atoms with Crippen molar-refractivity contribution in [2.75, 3.05) is 30.3 Å². The summed E-state index contributed by atoms with van der Waals surface area (Å²) in [5.41, 5.74) is 0.743. The monoisotopic (exact) mass is 285 g/mol. The van der Waals surface area contributed by atoms with Gasteiger partial charge in [-0.25, -0.2) is 8.42 Å². The Morgan fingerprint density at radius 2 is 1.89 bits per heavy atom. The van der Waals surface area contributed by atoms with Crippen LogP contribution >= 0.6 is 0 Å². The van der Waals surface area contributed by atoms with E-state index in [2.05, 4.69) is 0 Å². The van der Waals surface area contributed by atoms with E-state index in [0.717, 1.165) is 12.2 Å². The third-order valence-electron chi connectivity index (χ3n) is 2.98. The molecule has 0 saturated heterocycles. The van der Waals surface area contributed by atoms with Gasteiger partial charge in [-0.1, -0.05) is 19.1 Å². The molecule has 1 aromatic carbocycles. The molecule has 19 heavy (non-hydrogen) atoms. The van der Waals surface area contributed by atoms with Crippen LogP contribution in [0.4, 0.5) is 5.69 Å². The van der Waals surface area contributed by atoms with Crippen LogP contribution in [0.2, 0.25) is 0 Å². The highest BCUT2D eigenvalue weighted by atomic mass is 32.2. The number of aliphatic hydroxyl groups is 1. The van der Waals surface area contributed by atoms with E-state index in [9.17, 15) is 8.42 Å². The lowest BCUT2D eigenvalue weighted by Crippen LogP contribution is -2.26. The van der Waals surface area contributed by atoms with Gasteiger partial charge in [0.25, 0.3) is 0 Å². The van der Waals surface area contributed by atoms with Gasteiger partial charge in [-0.2, -0.15) is 0 Å². The van der Waals surface area contributed by atoms with Gasteiger partial charge < -0.3 is 10.0 Å². The Kier molecular flexibility index (Phi) is 6.31. The van der Waals surface area contributed by atoms with Crippen molar-refractivity contribution in [2.24, 2.45) is 0 Å². The Morgan fingerprint density at radius 3 is 2.47 bits per heavy atom. The summed E-state index contributed by atoms with van der Waals surface area (Å²) in [6.07, 6.45) is 1.25. The first-order valence-electron chi connectivity index (χ1n) is 6.74. The van der Waals surface area contributed by atoms with E-state index in [4.69, 9.17) is 5.11 Å². The lowest BCUT2D eigenvalue weighted by molar-refractivity contribution is 0.289. The van der Waals surface area contributed by atoms with Crippen LogP contribution in [0.25, 0.3) is 0 Å². The highest BCUT2D eigenvalue weighted by Gasteiger charge is 2.20. The number of hydrogen-bond acceptors (Lipinski definition) is 4. The predicted octanol–water partition coefficient (Wildman–Crippen LogP) is 2.08. The second-order valence-corrected chi connectivity index (χ2v) is 6.52. The highest BCUT2D eigenvalue weighted by molar-refractivity contribution is 7.91. The number of aliphatic hydroxyl groups excluding tert-OH is 1. The molecule has 0 amide bonds. The molecule has 0 radical (unpaired) electrons. The Hall–Kier alpha value is -1.07. The van der Waals surface area contributed by atoms with Gasteiger partial charge in [-0.05, 0) is 31.9 Å². The van der Waals surface area contributed by atoms with Crippen LogP contribution in [0, 0.1) is 0 Å². The van der Waals surface area contributed by atoms with Crippen LogP contribution in [0.1, 0.15) is 26.7 Å². The average Bonchev–Trinajstić information content (AvgIpc) is 2.40. The summed E-state index contributed by atoms with van der Waals surface area (Å²) in [6, 6.07) is 7.11. The quantitative estimate of drug-likeness (QED) is 0.794. The van der Waals surface area contributed by atoms with Gasteiger partial charge in [-0.3, -0.25) is 0 Å². The Balaban J connectivity index is 3.13. The zero-order valence-corrected chi connectivity index (χ0v) is 12.5. The summed E-state index contributed by atoms with van der Waals surface area (Å²) in [6.45, 7) is 5.34. The minimum atomic E-state index is -3.23. The molecule has 108 valence electrons. The van der Waals surface area contributed by atoms with E-state index in [1.165, 1.54) is 0 Å². The third-order valence-corrected chi connectivity index (χ3v) is 4.94. The topological polar surface area (TPSA) is 57.6 Å². The lowest BCUT2D eigenvalue weighted by atomic mass is 10.2. The smallest absolute Gasteiger partial charge is 0.180 e. The largest absolute Gasteiger partial charge is 0.396 e. The molecule has 0 aromatic heterocycles. The molecule has 4 nitrogen and oxygen atoms in total. The molecule has 1 aromatic rings. The molecule has 0 fully saturated rings. The van der Waals surface area contributed by atoms with Gasteiger partial charge in [0.2, 0.25) is 0 Å². The SMILES string of the molecule is CCCS(=O)(=O)c1ccccc1N(CC)CCCO. The van der Waals surface area contributed by atoms with E-state index in [1.54, 1.807) is 12.1 Å². The van der Waals surface area contributed by atoms with Gasteiger partial charge >= 0.3 is 0 Å². The number of sulfone groups is 1. The van der Waals surface area contributed by atoms with Gasteiger partial charge in [0.05, 0.1) is 16.3 Å². The van der Waals surface area contributed by atoms with E-state index in [1.807, 2.05) is 30.9 Å². The highest BCUT2D eigenvalue weighted by Crippen LogP contribution is 2.26. The Labute approximate surface area is 116 Å². The lowest BCUT2D eigenvalue weighted by Gasteiger charge is -2.25. The van der Waals surface area contributed by atoms with Crippen LogP contribution in [0.5, 0.6) is 0 Å². The van der Waals surface area contributed by atoms with Crippen molar-refractivity contribution in [3.8, 4) is 0 Å². The molecule has 0 heterocycles. The average molecular weight is 285 g/mol. The van der Waals surface area contributed by atoms with E-state index >= 15 is 0 Å². The number of anilines is 1. The van der Waals surface area contributed by atoms with Crippen molar-refractivity contribution in [1.29, 1.82) is 0 Å². The fourth-order valence-electron chi connectivity index (χ4n) is 2.07. The zero-order valence-electron chi connectivity index (χ0n) is 11.7. The number of rotatable bonds is 8. The molecule has 0 spiro atoms. The number of benzene rings is 1. The van der Waals surface area contributed by atoms with Crippen molar-refractivity contribution in [3.63, 3.8) is 0 Å². The Bertz CT molecular complexity index is 485. The van der Waals surface area contributed by atoms with E-state index in [-0.39, 0.29) is 12.4 Å². The van der Waals surface area contributed by atoms with Crippen LogP contribution in [0.15, 0.2) is 29.2 Å². The van der Waals surface area contributed by atoms with Gasteiger partial charge in [0.1, 0.15) is 0 Å². The molecular weight excluding hydrogens is 262 g/mol. The van der Waals surface area contributed by atoms with Crippen molar-refractivity contribution in [2.45, 2.75) is 31.6 Å². The second kappa shape index (κ2) is 7.50. The maximum Gasteiger partial charge on any atom is 0.180 e. The molecular formula is C14H23NO3S. The first kappa shape index (κ1) is 16.0. The molecule has 1 N–H and O–H groups in total. The molecule has 0 unspecified atom stereocenters. The summed E-state index contributed by atoms with van der Waals surface area (Å²) >= 11 is 0. The summed E-state index contributed by atoms with van der Waals surface area (Å²) < 4.78 is 24.5. The fourth-order valence-corrected chi connectivity index (χ4v) is 3.63. The normalized spacial score (nSPS) is 11.5. The molecule has 0 aliphatic carbocycles. The van der Waals surface area contributed by atoms with Crippen LogP contribution in [0.3, 0.4) is 0 Å². The predicted molar refractivity (Wildman–Crippen MR) is 78.4 cm³/mol. The number of nitrogens with zero attached hydrogens (tertiary/aromatic N) is 1. The van der Waals surface area contributed by atoms with Crippen molar-refractivity contribution in [1.82, 2.24) is 0 Å². The fraction of sp³-hybridized carbons (Fsp3) is 0.571. The van der Waals surface area contributed by atoms with Crippen molar-refractivity contribution in [3.05, 3.63) is 24.3 Å². The van der Waals surface area contributed by atoms with Crippen LogP contribution in [-0.4, -0.2) is 39.0 Å². The molecule has 0 bridgehead atoms. The zero-order chi connectivity index (χ0) is 14.3. The molecule has 0 aliphatic rings. The van der Waals surface area contributed by atoms with Crippen molar-refractivity contribution >= 4 is 15.5 Å². The van der Waals surface area contributed by atoms with Gasteiger partial charge in [-0.15, -0.1) is 0 Å². The summed E-state index contributed by atoms with van der Waals surface area (Å²) in [5.74, 6) is 0.168. The molecule has 1 rings (SSSR count). The number of hydrogen-bond donors (Lipinski definition) is 1. The molecule has 0 atom stereocenters. The summed E-state index contributed by atoms with van der Waals surface area (Å²) in [7, 11) is -3.23. The summed E-state index contributed by atoms with van der Waals surface area (Å²) in [4.78, 5) is 2.40. The van der Waals surface area contributed by atoms with Crippen LogP contribution < -0.4 is 4.90 Å². The number of para-hydroxylation sites is 1. The maximum atomic E-state index is 12.3. The first-order valence-corrected chi connectivity index (χ1v) is 8.39. The van der Waals surface area contributed by atoms with Crippen LogP contribution in [-0.2, 0) is 9.84 Å². The maximum absolute atomic E-state index is 12.3. The van der Waals surface area contributed by atoms with E-state index < -0.39 is 9.84 Å². The third kappa shape index (κ3) is 4.21. The van der Waals surface area contributed by atoms with Gasteiger partial charge in [0, 0.05) is 19.7 Å². The Morgan fingerprint density at radius 1 is 1.21 bits per heavy atom. The van der Waals surface area contributed by atoms with Gasteiger partial charge in [0.15, 0.2) is 9.84 Å². The van der Waals surface area contributed by atoms with E-state index in [0.29, 0.717) is 24.3 Å². The minimum Gasteiger partial charge on any atom is -0.396 e.